The molecule has 0 spiro atoms. The molecule has 2 aromatic heterocycles. The molecule has 0 radical (unpaired) electrons. The van der Waals surface area contributed by atoms with E-state index >= 15 is 0 Å². The van der Waals surface area contributed by atoms with Crippen LogP contribution in [0.15, 0.2) is 17.3 Å². The van der Waals surface area contributed by atoms with Crippen molar-refractivity contribution in [3.05, 3.63) is 18.1 Å². The molecule has 0 unspecified atom stereocenters. The number of nitrogens with zero attached hydrogens (tertiary/aromatic N) is 6. The zero-order valence-corrected chi connectivity index (χ0v) is 15.1. The lowest BCUT2D eigenvalue weighted by Crippen LogP contribution is -2.52. The number of piperidine rings is 1. The van der Waals surface area contributed by atoms with Gasteiger partial charge in [0.1, 0.15) is 17.3 Å². The summed E-state index contributed by atoms with van der Waals surface area (Å²) < 4.78 is 0. The normalized spacial score (nSPS) is 21.2. The Balaban J connectivity index is 1.83. The van der Waals surface area contributed by atoms with E-state index in [2.05, 4.69) is 43.3 Å². The Hall–Kier alpha value is -2.82. The molecule has 1 saturated heterocycles. The highest BCUT2D eigenvalue weighted by Crippen LogP contribution is 2.25. The molecule has 0 saturated carbocycles. The molecule has 25 heavy (non-hydrogen) atoms. The summed E-state index contributed by atoms with van der Waals surface area (Å²) in [6.45, 7) is 5.80. The number of aromatic amines is 1. The number of aryl methyl sites for hydroxylation is 1. The zero-order chi connectivity index (χ0) is 18.0. The van der Waals surface area contributed by atoms with E-state index < -0.39 is 0 Å². The number of rotatable bonds is 2. The summed E-state index contributed by atoms with van der Waals surface area (Å²) >= 11 is 0. The number of aliphatic imine (C=N–C) groups is 1. The SMILES string of the molecule is CN=C(N(C)C#N)N1CC[C@@H](C)[C@@H](Nc2nc(C)nc3[nH]ccc23)C1. The van der Waals surface area contributed by atoms with Gasteiger partial charge in [0.2, 0.25) is 5.96 Å². The highest BCUT2D eigenvalue weighted by molar-refractivity contribution is 5.87. The van der Waals surface area contributed by atoms with Gasteiger partial charge in [0.25, 0.3) is 0 Å². The van der Waals surface area contributed by atoms with Crippen molar-refractivity contribution in [2.75, 3.05) is 32.5 Å². The average molecular weight is 340 g/mol. The molecule has 8 heteroatoms. The maximum atomic E-state index is 9.18. The lowest BCUT2D eigenvalue weighted by Gasteiger charge is -2.40. The monoisotopic (exact) mass is 340 g/mol. The van der Waals surface area contributed by atoms with E-state index in [0.29, 0.717) is 11.9 Å². The minimum atomic E-state index is 0.213. The summed E-state index contributed by atoms with van der Waals surface area (Å²) in [5.74, 6) is 2.78. The molecule has 3 heterocycles. The summed E-state index contributed by atoms with van der Waals surface area (Å²) in [7, 11) is 3.46. The van der Waals surface area contributed by atoms with Crippen LogP contribution in [-0.2, 0) is 0 Å². The molecule has 1 aliphatic heterocycles. The zero-order valence-electron chi connectivity index (χ0n) is 15.1. The van der Waals surface area contributed by atoms with E-state index in [0.717, 1.165) is 42.2 Å². The molecule has 0 amide bonds. The van der Waals surface area contributed by atoms with Gasteiger partial charge in [-0.1, -0.05) is 6.92 Å². The van der Waals surface area contributed by atoms with E-state index in [1.54, 1.807) is 14.1 Å². The van der Waals surface area contributed by atoms with Crippen molar-refractivity contribution in [3.63, 3.8) is 0 Å². The first-order chi connectivity index (χ1) is 12.0. The average Bonchev–Trinajstić information content (AvgIpc) is 3.06. The molecule has 0 aliphatic carbocycles. The molecule has 0 bridgehead atoms. The number of hydrogen-bond donors (Lipinski definition) is 2. The summed E-state index contributed by atoms with van der Waals surface area (Å²) in [4.78, 5) is 20.1. The van der Waals surface area contributed by atoms with Crippen molar-refractivity contribution in [1.82, 2.24) is 24.8 Å². The van der Waals surface area contributed by atoms with Crippen molar-refractivity contribution in [1.29, 1.82) is 5.26 Å². The van der Waals surface area contributed by atoms with Gasteiger partial charge in [-0.25, -0.2) is 9.97 Å². The fourth-order valence-electron chi connectivity index (χ4n) is 3.33. The van der Waals surface area contributed by atoms with Crippen molar-refractivity contribution < 1.29 is 0 Å². The van der Waals surface area contributed by atoms with Gasteiger partial charge in [-0.3, -0.25) is 9.89 Å². The third-order valence-corrected chi connectivity index (χ3v) is 4.74. The Kier molecular flexibility index (Phi) is 4.74. The van der Waals surface area contributed by atoms with Gasteiger partial charge in [-0.15, -0.1) is 0 Å². The molecule has 2 N–H and O–H groups in total. The summed E-state index contributed by atoms with van der Waals surface area (Å²) in [5.41, 5.74) is 0.843. The standard InChI is InChI=1S/C17H24N8/c1-11-6-8-25(17(19-3)24(4)10-18)9-14(11)23-16-13-5-7-20-15(13)21-12(2)22-16/h5,7,11,14H,6,8-9H2,1-4H3,(H2,20,21,22,23)/t11-,14+/m1/s1. The Labute approximate surface area is 147 Å². The first-order valence-electron chi connectivity index (χ1n) is 8.47. The van der Waals surface area contributed by atoms with Crippen LogP contribution in [0.4, 0.5) is 5.82 Å². The van der Waals surface area contributed by atoms with Gasteiger partial charge in [0.05, 0.1) is 5.39 Å². The molecular weight excluding hydrogens is 316 g/mol. The molecule has 0 aromatic carbocycles. The fourth-order valence-corrected chi connectivity index (χ4v) is 3.33. The number of likely N-dealkylation sites (tertiary alicyclic amines) is 1. The Morgan fingerprint density at radius 2 is 2.32 bits per heavy atom. The first kappa shape index (κ1) is 17.0. The number of nitriles is 1. The Bertz CT molecular complexity index is 818. The van der Waals surface area contributed by atoms with Crippen LogP contribution in [0, 0.1) is 24.3 Å². The second-order valence-corrected chi connectivity index (χ2v) is 6.50. The van der Waals surface area contributed by atoms with Crippen molar-refractivity contribution in [3.8, 4) is 6.19 Å². The van der Waals surface area contributed by atoms with E-state index in [9.17, 15) is 5.26 Å². The Morgan fingerprint density at radius 3 is 3.04 bits per heavy atom. The minimum absolute atomic E-state index is 0.213. The predicted molar refractivity (Wildman–Crippen MR) is 98.1 cm³/mol. The van der Waals surface area contributed by atoms with Crippen LogP contribution in [0.2, 0.25) is 0 Å². The van der Waals surface area contributed by atoms with Gasteiger partial charge in [-0.05, 0) is 25.3 Å². The van der Waals surface area contributed by atoms with E-state index in [4.69, 9.17) is 0 Å². The topological polar surface area (TPSA) is 96.2 Å². The summed E-state index contributed by atoms with van der Waals surface area (Å²) in [5, 5.41) is 13.8. The molecule has 8 nitrogen and oxygen atoms in total. The number of anilines is 1. The molecule has 2 atom stereocenters. The number of fused-ring (bicyclic) bond motifs is 1. The van der Waals surface area contributed by atoms with Crippen LogP contribution < -0.4 is 5.32 Å². The number of guanidine groups is 1. The van der Waals surface area contributed by atoms with Gasteiger partial charge in [-0.2, -0.15) is 5.26 Å². The maximum Gasteiger partial charge on any atom is 0.209 e. The first-order valence-corrected chi connectivity index (χ1v) is 8.47. The van der Waals surface area contributed by atoms with Crippen LogP contribution >= 0.6 is 0 Å². The highest BCUT2D eigenvalue weighted by Gasteiger charge is 2.29. The lowest BCUT2D eigenvalue weighted by atomic mass is 9.93. The minimum Gasteiger partial charge on any atom is -0.365 e. The number of aromatic nitrogens is 3. The summed E-state index contributed by atoms with van der Waals surface area (Å²) in [6, 6.07) is 2.20. The second kappa shape index (κ2) is 6.97. The fraction of sp³-hybridized carbons (Fsp3) is 0.529. The van der Waals surface area contributed by atoms with Gasteiger partial charge >= 0.3 is 0 Å². The van der Waals surface area contributed by atoms with Gasteiger partial charge < -0.3 is 15.2 Å². The van der Waals surface area contributed by atoms with Crippen molar-refractivity contribution in [2.45, 2.75) is 26.3 Å². The van der Waals surface area contributed by atoms with Crippen LogP contribution in [0.25, 0.3) is 11.0 Å². The number of nitrogens with one attached hydrogen (secondary N) is 2. The number of H-pyrrole nitrogens is 1. The number of hydrogen-bond acceptors (Lipinski definition) is 5. The van der Waals surface area contributed by atoms with Crippen molar-refractivity contribution in [2.24, 2.45) is 10.9 Å². The molecule has 1 aliphatic rings. The van der Waals surface area contributed by atoms with Crippen LogP contribution in [0.5, 0.6) is 0 Å². The van der Waals surface area contributed by atoms with E-state index in [1.165, 1.54) is 4.90 Å². The molecular formula is C17H24N8. The Morgan fingerprint density at radius 1 is 1.52 bits per heavy atom. The van der Waals surface area contributed by atoms with Crippen LogP contribution in [0.1, 0.15) is 19.2 Å². The van der Waals surface area contributed by atoms with Gasteiger partial charge in [0, 0.05) is 39.4 Å². The molecule has 132 valence electrons. The van der Waals surface area contributed by atoms with Gasteiger partial charge in [0.15, 0.2) is 6.19 Å². The van der Waals surface area contributed by atoms with Crippen LogP contribution in [0.3, 0.4) is 0 Å². The third-order valence-electron chi connectivity index (χ3n) is 4.74. The molecule has 2 aromatic rings. The molecule has 3 rings (SSSR count). The van der Waals surface area contributed by atoms with Crippen molar-refractivity contribution >= 4 is 22.8 Å². The smallest absolute Gasteiger partial charge is 0.209 e. The second-order valence-electron chi connectivity index (χ2n) is 6.50. The van der Waals surface area contributed by atoms with Crippen LogP contribution in [-0.4, -0.2) is 63.9 Å². The predicted octanol–water partition coefficient (Wildman–Crippen LogP) is 1.79. The lowest BCUT2D eigenvalue weighted by molar-refractivity contribution is 0.242. The van der Waals surface area contributed by atoms with E-state index in [1.807, 2.05) is 19.2 Å². The third kappa shape index (κ3) is 3.36. The summed E-state index contributed by atoms with van der Waals surface area (Å²) in [6.07, 6.45) is 5.04. The quantitative estimate of drug-likeness (QED) is 0.374. The largest absolute Gasteiger partial charge is 0.365 e. The molecule has 1 fully saturated rings. The maximum absolute atomic E-state index is 9.18. The highest BCUT2D eigenvalue weighted by atomic mass is 15.4. The van der Waals surface area contributed by atoms with E-state index in [-0.39, 0.29) is 6.04 Å².